The molecule has 4 heteroatoms. The standard InChI is InChI=1S/C18H17NOS2/c1-13(19-18(20)9-8-15-5-4-10-21-15)11-14-12-22-17-7-3-2-6-16(14)17/h2-10,12-13H,11H2,1H3,(H,19,20)/b9-8+. The van der Waals surface area contributed by atoms with Crippen LogP contribution in [0.3, 0.4) is 0 Å². The molecule has 0 bridgehead atoms. The summed E-state index contributed by atoms with van der Waals surface area (Å²) >= 11 is 3.38. The lowest BCUT2D eigenvalue weighted by molar-refractivity contribution is -0.117. The minimum atomic E-state index is -0.0413. The first-order valence-corrected chi connectivity index (χ1v) is 8.95. The molecule has 1 N–H and O–H groups in total. The number of fused-ring (bicyclic) bond motifs is 1. The zero-order chi connectivity index (χ0) is 15.4. The Balaban J connectivity index is 1.60. The molecule has 0 saturated heterocycles. The van der Waals surface area contributed by atoms with Gasteiger partial charge in [-0.15, -0.1) is 22.7 Å². The van der Waals surface area contributed by atoms with Gasteiger partial charge in [0.25, 0.3) is 0 Å². The molecular formula is C18H17NOS2. The van der Waals surface area contributed by atoms with Crippen molar-refractivity contribution in [1.82, 2.24) is 5.32 Å². The minimum absolute atomic E-state index is 0.0413. The molecule has 1 atom stereocenters. The molecule has 2 aromatic heterocycles. The molecule has 2 nitrogen and oxygen atoms in total. The molecule has 22 heavy (non-hydrogen) atoms. The summed E-state index contributed by atoms with van der Waals surface area (Å²) in [4.78, 5) is 13.0. The molecule has 1 unspecified atom stereocenters. The van der Waals surface area contributed by atoms with Crippen LogP contribution < -0.4 is 5.32 Å². The van der Waals surface area contributed by atoms with Gasteiger partial charge in [-0.2, -0.15) is 0 Å². The Morgan fingerprint density at radius 3 is 2.91 bits per heavy atom. The fourth-order valence-corrected chi connectivity index (χ4v) is 4.00. The summed E-state index contributed by atoms with van der Waals surface area (Å²) in [6.45, 7) is 2.04. The van der Waals surface area contributed by atoms with Gasteiger partial charge in [-0.3, -0.25) is 4.79 Å². The molecule has 3 aromatic rings. The summed E-state index contributed by atoms with van der Waals surface area (Å²) in [5.41, 5.74) is 1.30. The molecule has 0 aliphatic rings. The maximum atomic E-state index is 12.0. The van der Waals surface area contributed by atoms with E-state index in [9.17, 15) is 4.79 Å². The van der Waals surface area contributed by atoms with Crippen LogP contribution in [-0.4, -0.2) is 11.9 Å². The monoisotopic (exact) mass is 327 g/mol. The Labute approximate surface area is 138 Å². The van der Waals surface area contributed by atoms with Crippen LogP contribution in [0.25, 0.3) is 16.2 Å². The number of thiophene rings is 2. The molecule has 0 aliphatic carbocycles. The molecular weight excluding hydrogens is 310 g/mol. The van der Waals surface area contributed by atoms with Gasteiger partial charge in [0.1, 0.15) is 0 Å². The third-order valence-electron chi connectivity index (χ3n) is 3.42. The number of hydrogen-bond donors (Lipinski definition) is 1. The van der Waals surface area contributed by atoms with Crippen molar-refractivity contribution in [2.24, 2.45) is 0 Å². The van der Waals surface area contributed by atoms with Gasteiger partial charge < -0.3 is 5.32 Å². The summed E-state index contributed by atoms with van der Waals surface area (Å²) in [5, 5.41) is 8.51. The highest BCUT2D eigenvalue weighted by molar-refractivity contribution is 7.17. The molecule has 2 heterocycles. The largest absolute Gasteiger partial charge is 0.350 e. The van der Waals surface area contributed by atoms with E-state index in [0.717, 1.165) is 11.3 Å². The topological polar surface area (TPSA) is 29.1 Å². The van der Waals surface area contributed by atoms with Crippen molar-refractivity contribution in [3.8, 4) is 0 Å². The Bertz CT molecular complexity index is 786. The zero-order valence-electron chi connectivity index (χ0n) is 12.3. The second-order valence-corrected chi connectivity index (χ2v) is 7.11. The molecule has 0 aliphatic heterocycles. The second-order valence-electron chi connectivity index (χ2n) is 5.22. The van der Waals surface area contributed by atoms with Crippen LogP contribution in [0.15, 0.2) is 53.2 Å². The number of rotatable bonds is 5. The number of amides is 1. The fourth-order valence-electron chi connectivity index (χ4n) is 2.41. The van der Waals surface area contributed by atoms with E-state index < -0.39 is 0 Å². The third-order valence-corrected chi connectivity index (χ3v) is 5.27. The van der Waals surface area contributed by atoms with Crippen molar-refractivity contribution in [3.05, 3.63) is 63.7 Å². The molecule has 1 amide bonds. The highest BCUT2D eigenvalue weighted by Gasteiger charge is 2.09. The van der Waals surface area contributed by atoms with Crippen molar-refractivity contribution < 1.29 is 4.79 Å². The van der Waals surface area contributed by atoms with Gasteiger partial charge in [0.15, 0.2) is 0 Å². The SMILES string of the molecule is CC(Cc1csc2ccccc12)NC(=O)/C=C/c1cccs1. The van der Waals surface area contributed by atoms with Crippen molar-refractivity contribution in [2.45, 2.75) is 19.4 Å². The second kappa shape index (κ2) is 6.90. The van der Waals surface area contributed by atoms with Crippen LogP contribution in [-0.2, 0) is 11.2 Å². The molecule has 0 radical (unpaired) electrons. The maximum absolute atomic E-state index is 12.0. The number of carbonyl (C=O) groups is 1. The summed E-state index contributed by atoms with van der Waals surface area (Å²) < 4.78 is 1.30. The molecule has 0 fully saturated rings. The summed E-state index contributed by atoms with van der Waals surface area (Å²) in [5.74, 6) is -0.0413. The first-order chi connectivity index (χ1) is 10.7. The lowest BCUT2D eigenvalue weighted by Gasteiger charge is -2.11. The summed E-state index contributed by atoms with van der Waals surface area (Å²) in [6.07, 6.45) is 4.31. The Morgan fingerprint density at radius 2 is 2.09 bits per heavy atom. The average molecular weight is 327 g/mol. The van der Waals surface area contributed by atoms with Crippen LogP contribution in [0.2, 0.25) is 0 Å². The Kier molecular flexibility index (Phi) is 4.71. The smallest absolute Gasteiger partial charge is 0.244 e. The van der Waals surface area contributed by atoms with Gasteiger partial charge in [-0.1, -0.05) is 24.3 Å². The van der Waals surface area contributed by atoms with Crippen LogP contribution in [0.5, 0.6) is 0 Å². The van der Waals surface area contributed by atoms with Gasteiger partial charge in [0.05, 0.1) is 0 Å². The summed E-state index contributed by atoms with van der Waals surface area (Å²) in [7, 11) is 0. The number of carbonyl (C=O) groups excluding carboxylic acids is 1. The van der Waals surface area contributed by atoms with Gasteiger partial charge >= 0.3 is 0 Å². The average Bonchev–Trinajstić information content (AvgIpc) is 3.15. The molecule has 112 valence electrons. The van der Waals surface area contributed by atoms with E-state index in [2.05, 4.69) is 35.0 Å². The zero-order valence-corrected chi connectivity index (χ0v) is 13.9. The molecule has 1 aromatic carbocycles. The van der Waals surface area contributed by atoms with Crippen molar-refractivity contribution in [1.29, 1.82) is 0 Å². The van der Waals surface area contributed by atoms with Crippen molar-refractivity contribution >= 4 is 44.7 Å². The van der Waals surface area contributed by atoms with E-state index in [1.165, 1.54) is 15.6 Å². The van der Waals surface area contributed by atoms with Crippen LogP contribution >= 0.6 is 22.7 Å². The fraction of sp³-hybridized carbons (Fsp3) is 0.167. The highest BCUT2D eigenvalue weighted by atomic mass is 32.1. The number of hydrogen-bond acceptors (Lipinski definition) is 3. The van der Waals surface area contributed by atoms with Gasteiger partial charge in [-0.25, -0.2) is 0 Å². The lowest BCUT2D eigenvalue weighted by atomic mass is 10.1. The summed E-state index contributed by atoms with van der Waals surface area (Å²) in [6, 6.07) is 12.5. The minimum Gasteiger partial charge on any atom is -0.350 e. The molecule has 0 spiro atoms. The van der Waals surface area contributed by atoms with Crippen molar-refractivity contribution in [2.75, 3.05) is 0 Å². The number of benzene rings is 1. The lowest BCUT2D eigenvalue weighted by Crippen LogP contribution is -2.32. The number of nitrogens with one attached hydrogen (secondary N) is 1. The molecule has 0 saturated carbocycles. The maximum Gasteiger partial charge on any atom is 0.244 e. The van der Waals surface area contributed by atoms with Gasteiger partial charge in [0, 0.05) is 21.7 Å². The third kappa shape index (κ3) is 3.64. The molecule has 3 rings (SSSR count). The predicted molar refractivity (Wildman–Crippen MR) is 96.5 cm³/mol. The van der Waals surface area contributed by atoms with E-state index in [-0.39, 0.29) is 11.9 Å². The Hall–Kier alpha value is -1.91. The van der Waals surface area contributed by atoms with Gasteiger partial charge in [0.2, 0.25) is 5.91 Å². The van der Waals surface area contributed by atoms with E-state index >= 15 is 0 Å². The highest BCUT2D eigenvalue weighted by Crippen LogP contribution is 2.26. The van der Waals surface area contributed by atoms with Crippen LogP contribution in [0.4, 0.5) is 0 Å². The quantitative estimate of drug-likeness (QED) is 0.675. The Morgan fingerprint density at radius 1 is 1.23 bits per heavy atom. The first kappa shape index (κ1) is 15.0. The van der Waals surface area contributed by atoms with Crippen molar-refractivity contribution in [3.63, 3.8) is 0 Å². The van der Waals surface area contributed by atoms with E-state index in [1.807, 2.05) is 30.5 Å². The van der Waals surface area contributed by atoms with Crippen LogP contribution in [0.1, 0.15) is 17.4 Å². The van der Waals surface area contributed by atoms with E-state index in [4.69, 9.17) is 0 Å². The van der Waals surface area contributed by atoms with Gasteiger partial charge in [-0.05, 0) is 53.3 Å². The van der Waals surface area contributed by atoms with Crippen LogP contribution in [0, 0.1) is 0 Å². The predicted octanol–water partition coefficient (Wildman–Crippen LogP) is 4.72. The first-order valence-electron chi connectivity index (χ1n) is 7.19. The normalized spacial score (nSPS) is 12.8. The van der Waals surface area contributed by atoms with E-state index in [1.54, 1.807) is 28.7 Å². The van der Waals surface area contributed by atoms with E-state index in [0.29, 0.717) is 0 Å².